The van der Waals surface area contributed by atoms with Gasteiger partial charge < -0.3 is 14.5 Å². The van der Waals surface area contributed by atoms with E-state index in [1.165, 1.54) is 6.07 Å². The van der Waals surface area contributed by atoms with E-state index in [-0.39, 0.29) is 24.2 Å². The van der Waals surface area contributed by atoms with Gasteiger partial charge in [0.2, 0.25) is 5.91 Å². The number of carbonyl (C=O) groups excluding carboxylic acids is 1. The Morgan fingerprint density at radius 2 is 2.12 bits per heavy atom. The lowest BCUT2D eigenvalue weighted by Gasteiger charge is -2.33. The molecule has 0 aliphatic carbocycles. The molecular weight excluding hydrogens is 333 g/mol. The normalized spacial score (nSPS) is 17.2. The number of carbonyl (C=O) groups is 1. The van der Waals surface area contributed by atoms with Gasteiger partial charge in [0.05, 0.1) is 25.3 Å². The molecule has 1 saturated heterocycles. The van der Waals surface area contributed by atoms with Gasteiger partial charge in [-0.05, 0) is 30.7 Å². The molecule has 1 unspecified atom stereocenters. The summed E-state index contributed by atoms with van der Waals surface area (Å²) in [6.07, 6.45) is -0.212. The number of aryl methyl sites for hydroxylation is 1. The van der Waals surface area contributed by atoms with Crippen molar-refractivity contribution in [1.82, 2.24) is 9.88 Å². The first kappa shape index (κ1) is 18.3. The van der Waals surface area contributed by atoms with Gasteiger partial charge in [0.25, 0.3) is 0 Å². The zero-order valence-corrected chi connectivity index (χ0v) is 15.4. The van der Waals surface area contributed by atoms with Crippen LogP contribution in [-0.4, -0.2) is 49.6 Å². The van der Waals surface area contributed by atoms with E-state index < -0.39 is 0 Å². The molecule has 0 bridgehead atoms. The molecule has 1 aromatic carbocycles. The zero-order valence-electron chi connectivity index (χ0n) is 15.4. The molecule has 26 heavy (non-hydrogen) atoms. The van der Waals surface area contributed by atoms with E-state index in [0.717, 1.165) is 17.1 Å². The first-order valence-corrected chi connectivity index (χ1v) is 8.72. The van der Waals surface area contributed by atoms with Crippen LogP contribution in [0.3, 0.4) is 0 Å². The second kappa shape index (κ2) is 7.83. The number of nitrogens with zero attached hydrogens (tertiary/aromatic N) is 3. The van der Waals surface area contributed by atoms with E-state index in [0.29, 0.717) is 25.3 Å². The van der Waals surface area contributed by atoms with Crippen LogP contribution >= 0.6 is 0 Å². The molecule has 1 fully saturated rings. The van der Waals surface area contributed by atoms with E-state index in [2.05, 4.69) is 4.98 Å². The lowest BCUT2D eigenvalue weighted by atomic mass is 10.1. The van der Waals surface area contributed by atoms with Gasteiger partial charge in [0.1, 0.15) is 11.9 Å². The molecule has 2 aromatic rings. The average Bonchev–Trinajstić information content (AvgIpc) is 2.63. The molecule has 0 spiro atoms. The fraction of sp³-hybridized carbons (Fsp3) is 0.400. The van der Waals surface area contributed by atoms with Crippen LogP contribution in [0, 0.1) is 12.7 Å². The Bertz CT molecular complexity index is 794. The lowest BCUT2D eigenvalue weighted by molar-refractivity contribution is -0.138. The standard InChI is InChI=1S/C20H24FN3O2/c1-14-10-16(23(2)3)12-18(22-14)19-13-24(8-9-26-19)20(25)11-15-6-4-5-7-17(15)21/h4-7,10,12,19H,8-9,11,13H2,1-3H3. The predicted octanol–water partition coefficient (Wildman–Crippen LogP) is 2.74. The number of hydrogen-bond acceptors (Lipinski definition) is 4. The van der Waals surface area contributed by atoms with E-state index in [4.69, 9.17) is 4.74 Å². The summed E-state index contributed by atoms with van der Waals surface area (Å²) in [6, 6.07) is 10.4. The van der Waals surface area contributed by atoms with E-state index in [1.54, 1.807) is 23.1 Å². The second-order valence-electron chi connectivity index (χ2n) is 6.75. The van der Waals surface area contributed by atoms with Gasteiger partial charge in [-0.15, -0.1) is 0 Å². The summed E-state index contributed by atoms with van der Waals surface area (Å²) in [5.41, 5.74) is 3.19. The van der Waals surface area contributed by atoms with Crippen LogP contribution in [0.25, 0.3) is 0 Å². The minimum absolute atomic E-state index is 0.0591. The number of anilines is 1. The molecule has 1 aromatic heterocycles. The number of rotatable bonds is 4. The Morgan fingerprint density at radius 3 is 2.85 bits per heavy atom. The number of benzene rings is 1. The second-order valence-corrected chi connectivity index (χ2v) is 6.75. The molecule has 6 heteroatoms. The highest BCUT2D eigenvalue weighted by molar-refractivity contribution is 5.79. The molecule has 0 N–H and O–H groups in total. The van der Waals surface area contributed by atoms with Crippen molar-refractivity contribution < 1.29 is 13.9 Å². The first-order chi connectivity index (χ1) is 12.4. The smallest absolute Gasteiger partial charge is 0.227 e. The first-order valence-electron chi connectivity index (χ1n) is 8.72. The number of morpholine rings is 1. The van der Waals surface area contributed by atoms with Crippen LogP contribution in [0.2, 0.25) is 0 Å². The molecule has 2 heterocycles. The van der Waals surface area contributed by atoms with Crippen molar-refractivity contribution in [2.75, 3.05) is 38.7 Å². The molecule has 1 aliphatic rings. The number of amides is 1. The highest BCUT2D eigenvalue weighted by atomic mass is 19.1. The highest BCUT2D eigenvalue weighted by Gasteiger charge is 2.27. The fourth-order valence-electron chi connectivity index (χ4n) is 3.07. The van der Waals surface area contributed by atoms with Gasteiger partial charge in [-0.2, -0.15) is 0 Å². The van der Waals surface area contributed by atoms with Crippen molar-refractivity contribution in [3.8, 4) is 0 Å². The van der Waals surface area contributed by atoms with Crippen molar-refractivity contribution in [3.63, 3.8) is 0 Å². The van der Waals surface area contributed by atoms with Crippen LogP contribution in [0.15, 0.2) is 36.4 Å². The van der Waals surface area contributed by atoms with Crippen LogP contribution in [0.5, 0.6) is 0 Å². The van der Waals surface area contributed by atoms with Crippen molar-refractivity contribution in [3.05, 3.63) is 59.2 Å². The Morgan fingerprint density at radius 1 is 1.35 bits per heavy atom. The Kier molecular flexibility index (Phi) is 5.52. The van der Waals surface area contributed by atoms with E-state index >= 15 is 0 Å². The Balaban J connectivity index is 1.73. The molecule has 1 aliphatic heterocycles. The van der Waals surface area contributed by atoms with Crippen LogP contribution < -0.4 is 4.90 Å². The average molecular weight is 357 g/mol. The van der Waals surface area contributed by atoms with Gasteiger partial charge in [0.15, 0.2) is 0 Å². The molecule has 1 amide bonds. The third kappa shape index (κ3) is 4.19. The Labute approximate surface area is 153 Å². The summed E-state index contributed by atoms with van der Waals surface area (Å²) in [4.78, 5) is 20.9. The van der Waals surface area contributed by atoms with Crippen LogP contribution in [0.1, 0.15) is 23.1 Å². The summed E-state index contributed by atoms with van der Waals surface area (Å²) in [5.74, 6) is -0.439. The summed E-state index contributed by atoms with van der Waals surface area (Å²) >= 11 is 0. The minimum Gasteiger partial charge on any atom is -0.378 e. The monoisotopic (exact) mass is 357 g/mol. The van der Waals surface area contributed by atoms with Gasteiger partial charge in [0, 0.05) is 32.0 Å². The molecular formula is C20H24FN3O2. The van der Waals surface area contributed by atoms with Gasteiger partial charge in [-0.25, -0.2) is 4.39 Å². The molecule has 3 rings (SSSR count). The van der Waals surface area contributed by atoms with Crippen LogP contribution in [-0.2, 0) is 16.0 Å². The summed E-state index contributed by atoms with van der Waals surface area (Å²) in [6.45, 7) is 3.33. The predicted molar refractivity (Wildman–Crippen MR) is 98.7 cm³/mol. The third-order valence-electron chi connectivity index (χ3n) is 4.52. The maximum Gasteiger partial charge on any atom is 0.227 e. The summed E-state index contributed by atoms with van der Waals surface area (Å²) in [5, 5.41) is 0. The fourth-order valence-corrected chi connectivity index (χ4v) is 3.07. The zero-order chi connectivity index (χ0) is 18.7. The summed E-state index contributed by atoms with van der Waals surface area (Å²) < 4.78 is 19.7. The largest absolute Gasteiger partial charge is 0.378 e. The topological polar surface area (TPSA) is 45.7 Å². The van der Waals surface area contributed by atoms with Crippen molar-refractivity contribution in [2.45, 2.75) is 19.4 Å². The molecule has 0 saturated carbocycles. The van der Waals surface area contributed by atoms with E-state index in [9.17, 15) is 9.18 Å². The van der Waals surface area contributed by atoms with Gasteiger partial charge >= 0.3 is 0 Å². The lowest BCUT2D eigenvalue weighted by Crippen LogP contribution is -2.43. The molecule has 1 atom stereocenters. The quantitative estimate of drug-likeness (QED) is 0.844. The summed E-state index contributed by atoms with van der Waals surface area (Å²) in [7, 11) is 3.95. The van der Waals surface area contributed by atoms with Crippen molar-refractivity contribution in [2.24, 2.45) is 0 Å². The van der Waals surface area contributed by atoms with Crippen molar-refractivity contribution in [1.29, 1.82) is 0 Å². The molecule has 138 valence electrons. The number of ether oxygens (including phenoxy) is 1. The van der Waals surface area contributed by atoms with Gasteiger partial charge in [-0.1, -0.05) is 18.2 Å². The number of halogens is 1. The minimum atomic E-state index is -0.346. The highest BCUT2D eigenvalue weighted by Crippen LogP contribution is 2.25. The van der Waals surface area contributed by atoms with Crippen molar-refractivity contribution >= 4 is 11.6 Å². The number of hydrogen-bond donors (Lipinski definition) is 0. The van der Waals surface area contributed by atoms with Gasteiger partial charge in [-0.3, -0.25) is 9.78 Å². The molecule has 5 nitrogen and oxygen atoms in total. The maximum absolute atomic E-state index is 13.8. The SMILES string of the molecule is Cc1cc(N(C)C)cc(C2CN(C(=O)Cc3ccccc3F)CCO2)n1. The Hall–Kier alpha value is -2.47. The number of aromatic nitrogens is 1. The molecule has 0 radical (unpaired) electrons. The van der Waals surface area contributed by atoms with E-state index in [1.807, 2.05) is 38.1 Å². The third-order valence-corrected chi connectivity index (χ3v) is 4.52. The number of pyridine rings is 1. The van der Waals surface area contributed by atoms with Crippen LogP contribution in [0.4, 0.5) is 10.1 Å². The maximum atomic E-state index is 13.8.